The molecular formula is C10H11N. The summed E-state index contributed by atoms with van der Waals surface area (Å²) in [6, 6.07) is 4.18. The molecule has 1 aromatic heterocycles. The molecule has 1 aromatic rings. The Hall–Kier alpha value is -1.11. The monoisotopic (exact) mass is 145 g/mol. The highest BCUT2D eigenvalue weighted by Gasteiger charge is 2.08. The van der Waals surface area contributed by atoms with E-state index in [1.54, 1.807) is 0 Å². The van der Waals surface area contributed by atoms with E-state index in [4.69, 9.17) is 0 Å². The molecule has 0 radical (unpaired) electrons. The lowest BCUT2D eigenvalue weighted by atomic mass is 9.97. The molecule has 0 unspecified atom stereocenters. The molecule has 1 nitrogen and oxygen atoms in total. The summed E-state index contributed by atoms with van der Waals surface area (Å²) in [5.41, 5.74) is 3.91. The lowest BCUT2D eigenvalue weighted by Crippen LogP contribution is -1.99. The van der Waals surface area contributed by atoms with Gasteiger partial charge in [0.1, 0.15) is 0 Å². The molecule has 1 heterocycles. The van der Waals surface area contributed by atoms with Crippen molar-refractivity contribution in [3.05, 3.63) is 35.7 Å². The highest BCUT2D eigenvalue weighted by Crippen LogP contribution is 2.22. The standard InChI is InChI=1S/C10H11N/c1-8-4-2-5-9-6-3-7-11-10(8)9/h3-4,6-7H,2,5H2,1H3. The number of aromatic nitrogens is 1. The fourth-order valence-electron chi connectivity index (χ4n) is 1.54. The van der Waals surface area contributed by atoms with Gasteiger partial charge in [-0.25, -0.2) is 0 Å². The molecule has 1 heteroatoms. The fraction of sp³-hybridized carbons (Fsp3) is 0.300. The molecular weight excluding hydrogens is 134 g/mol. The van der Waals surface area contributed by atoms with Crippen molar-refractivity contribution in [3.8, 4) is 0 Å². The van der Waals surface area contributed by atoms with Crippen LogP contribution in [-0.4, -0.2) is 4.98 Å². The molecule has 0 saturated heterocycles. The van der Waals surface area contributed by atoms with E-state index in [-0.39, 0.29) is 0 Å². The molecule has 2 rings (SSSR count). The maximum absolute atomic E-state index is 4.33. The van der Waals surface area contributed by atoms with E-state index in [0.717, 1.165) is 6.42 Å². The van der Waals surface area contributed by atoms with Crippen molar-refractivity contribution >= 4 is 5.57 Å². The second-order valence-electron chi connectivity index (χ2n) is 2.94. The normalized spacial score (nSPS) is 15.5. The Balaban J connectivity index is 2.56. The predicted molar refractivity (Wildman–Crippen MR) is 46.2 cm³/mol. The number of fused-ring (bicyclic) bond motifs is 1. The highest BCUT2D eigenvalue weighted by molar-refractivity contribution is 5.64. The predicted octanol–water partition coefficient (Wildman–Crippen LogP) is 2.43. The molecule has 0 fully saturated rings. The van der Waals surface area contributed by atoms with Gasteiger partial charge in [-0.2, -0.15) is 0 Å². The number of hydrogen-bond donors (Lipinski definition) is 0. The average Bonchev–Trinajstić information content (AvgIpc) is 2.06. The van der Waals surface area contributed by atoms with Crippen molar-refractivity contribution in [3.63, 3.8) is 0 Å². The van der Waals surface area contributed by atoms with Gasteiger partial charge in [0.05, 0.1) is 5.69 Å². The van der Waals surface area contributed by atoms with Gasteiger partial charge in [0.2, 0.25) is 0 Å². The molecule has 0 spiro atoms. The van der Waals surface area contributed by atoms with E-state index in [0.29, 0.717) is 0 Å². The maximum atomic E-state index is 4.33. The molecule has 0 bridgehead atoms. The van der Waals surface area contributed by atoms with Crippen molar-refractivity contribution in [1.29, 1.82) is 0 Å². The number of nitrogens with zero attached hydrogens (tertiary/aromatic N) is 1. The zero-order valence-electron chi connectivity index (χ0n) is 6.67. The van der Waals surface area contributed by atoms with Crippen molar-refractivity contribution in [2.24, 2.45) is 0 Å². The Morgan fingerprint density at radius 1 is 1.45 bits per heavy atom. The van der Waals surface area contributed by atoms with Crippen molar-refractivity contribution in [2.75, 3.05) is 0 Å². The zero-order valence-corrected chi connectivity index (χ0v) is 6.67. The van der Waals surface area contributed by atoms with Crippen LogP contribution in [0.15, 0.2) is 24.4 Å². The summed E-state index contributed by atoms with van der Waals surface area (Å²) < 4.78 is 0. The van der Waals surface area contributed by atoms with Gasteiger partial charge < -0.3 is 0 Å². The third-order valence-corrected chi connectivity index (χ3v) is 2.13. The maximum Gasteiger partial charge on any atom is 0.0687 e. The molecule has 1 aliphatic carbocycles. The van der Waals surface area contributed by atoms with Crippen LogP contribution in [0.2, 0.25) is 0 Å². The molecule has 0 aromatic carbocycles. The summed E-state index contributed by atoms with van der Waals surface area (Å²) >= 11 is 0. The largest absolute Gasteiger partial charge is 0.256 e. The summed E-state index contributed by atoms with van der Waals surface area (Å²) in [6.45, 7) is 2.13. The van der Waals surface area contributed by atoms with Gasteiger partial charge >= 0.3 is 0 Å². The second kappa shape index (κ2) is 2.50. The minimum atomic E-state index is 1.15. The first kappa shape index (κ1) is 6.59. The van der Waals surface area contributed by atoms with Gasteiger partial charge in [0.25, 0.3) is 0 Å². The number of allylic oxidation sites excluding steroid dienone is 2. The molecule has 11 heavy (non-hydrogen) atoms. The lowest BCUT2D eigenvalue weighted by molar-refractivity contribution is 0.952. The van der Waals surface area contributed by atoms with Crippen LogP contribution in [0.1, 0.15) is 24.6 Å². The first-order valence-corrected chi connectivity index (χ1v) is 3.99. The van der Waals surface area contributed by atoms with E-state index in [1.165, 1.54) is 23.3 Å². The van der Waals surface area contributed by atoms with Crippen LogP contribution in [0, 0.1) is 0 Å². The van der Waals surface area contributed by atoms with Gasteiger partial charge in [-0.1, -0.05) is 12.1 Å². The third-order valence-electron chi connectivity index (χ3n) is 2.13. The summed E-state index contributed by atoms with van der Waals surface area (Å²) in [4.78, 5) is 4.33. The molecule has 0 N–H and O–H groups in total. The van der Waals surface area contributed by atoms with E-state index < -0.39 is 0 Å². The van der Waals surface area contributed by atoms with Gasteiger partial charge in [-0.15, -0.1) is 0 Å². The molecule has 1 aliphatic rings. The molecule has 0 atom stereocenters. The number of aryl methyl sites for hydroxylation is 1. The Kier molecular flexibility index (Phi) is 1.50. The van der Waals surface area contributed by atoms with Crippen molar-refractivity contribution < 1.29 is 0 Å². The van der Waals surface area contributed by atoms with Crippen LogP contribution < -0.4 is 0 Å². The van der Waals surface area contributed by atoms with Crippen LogP contribution in [0.4, 0.5) is 0 Å². The molecule has 0 amide bonds. The fourth-order valence-corrected chi connectivity index (χ4v) is 1.54. The first-order chi connectivity index (χ1) is 5.38. The highest BCUT2D eigenvalue weighted by atomic mass is 14.7. The molecule has 0 saturated carbocycles. The Labute approximate surface area is 66.8 Å². The van der Waals surface area contributed by atoms with Gasteiger partial charge in [0, 0.05) is 6.20 Å². The van der Waals surface area contributed by atoms with Gasteiger partial charge in [-0.05, 0) is 37.0 Å². The molecule has 0 aliphatic heterocycles. The van der Waals surface area contributed by atoms with Crippen LogP contribution in [-0.2, 0) is 6.42 Å². The summed E-state index contributed by atoms with van der Waals surface area (Å²) in [7, 11) is 0. The van der Waals surface area contributed by atoms with E-state index in [9.17, 15) is 0 Å². The zero-order chi connectivity index (χ0) is 7.68. The smallest absolute Gasteiger partial charge is 0.0687 e. The van der Waals surface area contributed by atoms with Gasteiger partial charge in [-0.3, -0.25) is 4.98 Å². The van der Waals surface area contributed by atoms with Crippen LogP contribution in [0.5, 0.6) is 0 Å². The minimum absolute atomic E-state index is 1.15. The Bertz CT molecular complexity index is 299. The Morgan fingerprint density at radius 3 is 3.18 bits per heavy atom. The lowest BCUT2D eigenvalue weighted by Gasteiger charge is -2.12. The average molecular weight is 145 g/mol. The number of pyridine rings is 1. The topological polar surface area (TPSA) is 12.9 Å². The van der Waals surface area contributed by atoms with E-state index in [1.807, 2.05) is 12.3 Å². The van der Waals surface area contributed by atoms with Crippen LogP contribution in [0.25, 0.3) is 5.57 Å². The quantitative estimate of drug-likeness (QED) is 0.546. The minimum Gasteiger partial charge on any atom is -0.256 e. The number of rotatable bonds is 0. The SMILES string of the molecule is CC1=CCCc2cccnc21. The Morgan fingerprint density at radius 2 is 2.36 bits per heavy atom. The first-order valence-electron chi connectivity index (χ1n) is 3.99. The summed E-state index contributed by atoms with van der Waals surface area (Å²) in [5.74, 6) is 0. The third kappa shape index (κ3) is 1.07. The van der Waals surface area contributed by atoms with Gasteiger partial charge in [0.15, 0.2) is 0 Å². The molecule has 56 valence electrons. The summed E-state index contributed by atoms with van der Waals surface area (Å²) in [5, 5.41) is 0. The van der Waals surface area contributed by atoms with Crippen LogP contribution >= 0.6 is 0 Å². The summed E-state index contributed by atoms with van der Waals surface area (Å²) in [6.07, 6.45) is 6.45. The van der Waals surface area contributed by atoms with E-state index in [2.05, 4.69) is 24.1 Å². The van der Waals surface area contributed by atoms with E-state index >= 15 is 0 Å². The number of hydrogen-bond acceptors (Lipinski definition) is 1. The van der Waals surface area contributed by atoms with Crippen LogP contribution in [0.3, 0.4) is 0 Å². The second-order valence-corrected chi connectivity index (χ2v) is 2.94. The van der Waals surface area contributed by atoms with Crippen molar-refractivity contribution in [1.82, 2.24) is 4.98 Å². The van der Waals surface area contributed by atoms with Crippen molar-refractivity contribution in [2.45, 2.75) is 19.8 Å².